The number of rotatable bonds is 1. The Kier molecular flexibility index (Phi) is 3.07. The minimum atomic E-state index is 1.25. The fraction of sp³-hybridized carbons (Fsp3) is 0.0417. The van der Waals surface area contributed by atoms with Crippen LogP contribution in [-0.4, -0.2) is 0 Å². The first kappa shape index (κ1) is 14.2. The first-order valence-corrected chi connectivity index (χ1v) is 8.64. The minimum Gasteiger partial charge on any atom is -0.157 e. The number of pyridine rings is 2. The van der Waals surface area contributed by atoms with E-state index in [9.17, 15) is 0 Å². The third-order valence-corrected chi connectivity index (χ3v) is 5.00. The van der Waals surface area contributed by atoms with Gasteiger partial charge in [0.15, 0.2) is 5.69 Å². The number of aryl methyl sites for hydroxylation is 1. The summed E-state index contributed by atoms with van der Waals surface area (Å²) in [6, 6.07) is 32.6. The monoisotopic (exact) mass is 320 g/mol. The third kappa shape index (κ3) is 2.13. The summed E-state index contributed by atoms with van der Waals surface area (Å²) < 4.78 is 2.38. The average molecular weight is 320 g/mol. The first-order chi connectivity index (χ1) is 12.3. The second-order valence-electron chi connectivity index (χ2n) is 6.53. The molecule has 0 saturated carbocycles. The SMILES string of the molecule is Cc1cc(-c2ccccc2)cc2c3ccccc3c3ccccc3[n+]12. The molecule has 2 heterocycles. The van der Waals surface area contributed by atoms with Gasteiger partial charge in [-0.2, -0.15) is 4.40 Å². The number of hydrogen-bond acceptors (Lipinski definition) is 0. The Morgan fingerprint density at radius 3 is 1.88 bits per heavy atom. The fourth-order valence-corrected chi connectivity index (χ4v) is 3.89. The maximum atomic E-state index is 2.38. The Balaban J connectivity index is 2.01. The van der Waals surface area contributed by atoms with Crippen LogP contribution in [0.5, 0.6) is 0 Å². The Hall–Kier alpha value is -3.19. The topological polar surface area (TPSA) is 4.10 Å². The Morgan fingerprint density at radius 1 is 0.520 bits per heavy atom. The van der Waals surface area contributed by atoms with Gasteiger partial charge in [-0.25, -0.2) is 0 Å². The van der Waals surface area contributed by atoms with Gasteiger partial charge >= 0.3 is 0 Å². The molecule has 118 valence electrons. The van der Waals surface area contributed by atoms with Gasteiger partial charge in [-0.15, -0.1) is 0 Å². The van der Waals surface area contributed by atoms with Crippen LogP contribution in [-0.2, 0) is 0 Å². The quantitative estimate of drug-likeness (QED) is 0.275. The van der Waals surface area contributed by atoms with Crippen molar-refractivity contribution in [1.82, 2.24) is 0 Å². The summed E-state index contributed by atoms with van der Waals surface area (Å²) in [6.45, 7) is 2.20. The van der Waals surface area contributed by atoms with Crippen LogP contribution in [0.15, 0.2) is 91.0 Å². The molecule has 0 spiro atoms. The molecule has 0 aliphatic heterocycles. The predicted molar refractivity (Wildman–Crippen MR) is 105 cm³/mol. The molecule has 0 saturated heterocycles. The zero-order valence-corrected chi connectivity index (χ0v) is 14.1. The molecule has 5 aromatic rings. The molecule has 1 nitrogen and oxygen atoms in total. The number of benzene rings is 3. The molecule has 0 fully saturated rings. The normalized spacial score (nSPS) is 11.4. The van der Waals surface area contributed by atoms with Gasteiger partial charge in [-0.1, -0.05) is 60.7 Å². The van der Waals surface area contributed by atoms with Gasteiger partial charge < -0.3 is 0 Å². The summed E-state index contributed by atoms with van der Waals surface area (Å²) in [7, 11) is 0. The number of aromatic nitrogens is 1. The number of nitrogens with zero attached hydrogens (tertiary/aromatic N) is 1. The lowest BCUT2D eigenvalue weighted by atomic mass is 10.00. The highest BCUT2D eigenvalue weighted by atomic mass is 14.9. The summed E-state index contributed by atoms with van der Waals surface area (Å²) in [5.74, 6) is 0. The van der Waals surface area contributed by atoms with Crippen LogP contribution in [0.1, 0.15) is 5.69 Å². The zero-order chi connectivity index (χ0) is 16.8. The maximum absolute atomic E-state index is 2.38. The van der Waals surface area contributed by atoms with Crippen molar-refractivity contribution in [2.75, 3.05) is 0 Å². The lowest BCUT2D eigenvalue weighted by Crippen LogP contribution is -2.27. The third-order valence-electron chi connectivity index (χ3n) is 5.00. The minimum absolute atomic E-state index is 1.25. The van der Waals surface area contributed by atoms with Crippen molar-refractivity contribution < 1.29 is 4.40 Å². The molecule has 0 aliphatic rings. The molecular weight excluding hydrogens is 302 g/mol. The molecular formula is C24H18N+. The Morgan fingerprint density at radius 2 is 1.12 bits per heavy atom. The van der Waals surface area contributed by atoms with E-state index in [1.54, 1.807) is 0 Å². The highest BCUT2D eigenvalue weighted by Crippen LogP contribution is 2.29. The van der Waals surface area contributed by atoms with E-state index >= 15 is 0 Å². The van der Waals surface area contributed by atoms with Gasteiger partial charge in [-0.3, -0.25) is 0 Å². The summed E-state index contributed by atoms with van der Waals surface area (Å²) in [6.07, 6.45) is 0. The van der Waals surface area contributed by atoms with Crippen LogP contribution < -0.4 is 4.40 Å². The molecule has 0 aliphatic carbocycles. The molecule has 5 rings (SSSR count). The number of fused-ring (bicyclic) bond motifs is 6. The van der Waals surface area contributed by atoms with Crippen molar-refractivity contribution in [1.29, 1.82) is 0 Å². The second kappa shape index (κ2) is 5.42. The summed E-state index contributed by atoms with van der Waals surface area (Å²) in [5.41, 5.74) is 6.28. The summed E-state index contributed by atoms with van der Waals surface area (Å²) in [5, 5.41) is 3.90. The van der Waals surface area contributed by atoms with Crippen LogP contribution in [0, 0.1) is 6.92 Å². The van der Waals surface area contributed by atoms with Crippen LogP contribution in [0.3, 0.4) is 0 Å². The van der Waals surface area contributed by atoms with Gasteiger partial charge in [-0.05, 0) is 23.3 Å². The molecule has 0 atom stereocenters. The van der Waals surface area contributed by atoms with Crippen molar-refractivity contribution in [3.8, 4) is 11.1 Å². The number of hydrogen-bond donors (Lipinski definition) is 0. The fourth-order valence-electron chi connectivity index (χ4n) is 3.89. The van der Waals surface area contributed by atoms with Crippen LogP contribution >= 0.6 is 0 Å². The van der Waals surface area contributed by atoms with E-state index in [0.717, 1.165) is 0 Å². The molecule has 25 heavy (non-hydrogen) atoms. The maximum Gasteiger partial charge on any atom is 0.219 e. The van der Waals surface area contributed by atoms with Crippen LogP contribution in [0.2, 0.25) is 0 Å². The van der Waals surface area contributed by atoms with E-state index in [4.69, 9.17) is 0 Å². The average Bonchev–Trinajstić information content (AvgIpc) is 2.68. The van der Waals surface area contributed by atoms with Crippen LogP contribution in [0.25, 0.3) is 38.3 Å². The number of para-hydroxylation sites is 1. The van der Waals surface area contributed by atoms with Gasteiger partial charge in [0.1, 0.15) is 0 Å². The first-order valence-electron chi connectivity index (χ1n) is 8.64. The highest BCUT2D eigenvalue weighted by molar-refractivity contribution is 6.09. The zero-order valence-electron chi connectivity index (χ0n) is 14.1. The van der Waals surface area contributed by atoms with Gasteiger partial charge in [0, 0.05) is 30.5 Å². The smallest absolute Gasteiger partial charge is 0.157 e. The largest absolute Gasteiger partial charge is 0.219 e. The Bertz CT molecular complexity index is 1240. The van der Waals surface area contributed by atoms with Crippen molar-refractivity contribution in [3.63, 3.8) is 0 Å². The standard InChI is InChI=1S/C24H18N/c1-17-15-19(18-9-3-2-4-10-18)16-24-22-13-6-5-11-20(22)21-12-7-8-14-23(21)25(17)24/h2-16H,1H3/q+1. The van der Waals surface area contributed by atoms with E-state index in [1.807, 2.05) is 0 Å². The van der Waals surface area contributed by atoms with Crippen LogP contribution in [0.4, 0.5) is 0 Å². The van der Waals surface area contributed by atoms with Crippen molar-refractivity contribution in [3.05, 3.63) is 96.7 Å². The molecule has 0 radical (unpaired) electrons. The molecule has 0 N–H and O–H groups in total. The highest BCUT2D eigenvalue weighted by Gasteiger charge is 2.18. The molecule has 0 unspecified atom stereocenters. The van der Waals surface area contributed by atoms with Gasteiger partial charge in [0.05, 0.1) is 10.8 Å². The second-order valence-corrected chi connectivity index (χ2v) is 6.53. The van der Waals surface area contributed by atoms with E-state index in [2.05, 4.69) is 102 Å². The van der Waals surface area contributed by atoms with E-state index in [-0.39, 0.29) is 0 Å². The molecule has 2 aromatic heterocycles. The van der Waals surface area contributed by atoms with Gasteiger partial charge in [0.2, 0.25) is 11.0 Å². The van der Waals surface area contributed by atoms with Crippen molar-refractivity contribution in [2.45, 2.75) is 6.92 Å². The van der Waals surface area contributed by atoms with E-state index < -0.39 is 0 Å². The van der Waals surface area contributed by atoms with E-state index in [1.165, 1.54) is 44.0 Å². The van der Waals surface area contributed by atoms with Gasteiger partial charge in [0.25, 0.3) is 0 Å². The van der Waals surface area contributed by atoms with E-state index in [0.29, 0.717) is 0 Å². The molecule has 1 heteroatoms. The van der Waals surface area contributed by atoms with Crippen molar-refractivity contribution in [2.24, 2.45) is 0 Å². The summed E-state index contributed by atoms with van der Waals surface area (Å²) >= 11 is 0. The Labute approximate surface area is 146 Å². The molecule has 0 bridgehead atoms. The lowest BCUT2D eigenvalue weighted by Gasteiger charge is -2.08. The lowest BCUT2D eigenvalue weighted by molar-refractivity contribution is -0.488. The summed E-state index contributed by atoms with van der Waals surface area (Å²) in [4.78, 5) is 0. The molecule has 3 aromatic carbocycles. The predicted octanol–water partition coefficient (Wildman–Crippen LogP) is 5.71. The van der Waals surface area contributed by atoms with Crippen molar-refractivity contribution >= 4 is 27.2 Å². The molecule has 0 amide bonds.